The Labute approximate surface area is 173 Å². The average Bonchev–Trinajstić information content (AvgIpc) is 3.03. The Hall–Kier alpha value is -2.99. The van der Waals surface area contributed by atoms with Gasteiger partial charge in [0, 0.05) is 16.0 Å². The van der Waals surface area contributed by atoms with Gasteiger partial charge in [-0.05, 0) is 48.2 Å². The average molecular weight is 411 g/mol. The number of thiophene rings is 1. The van der Waals surface area contributed by atoms with Gasteiger partial charge in [0.1, 0.15) is 16.4 Å². The molecule has 1 heterocycles. The van der Waals surface area contributed by atoms with Crippen LogP contribution in [0.1, 0.15) is 50.9 Å². The Morgan fingerprint density at radius 3 is 2.21 bits per heavy atom. The number of ether oxygens (including phenoxy) is 1. The molecule has 0 fully saturated rings. The van der Waals surface area contributed by atoms with Gasteiger partial charge in [-0.3, -0.25) is 4.79 Å². The minimum Gasteiger partial charge on any atom is -0.465 e. The maximum absolute atomic E-state index is 13.3. The van der Waals surface area contributed by atoms with Crippen molar-refractivity contribution in [3.05, 3.63) is 75.9 Å². The number of carbonyl (C=O) groups is 2. The molecule has 2 aromatic carbocycles. The number of nitrogens with one attached hydrogen (secondary N) is 1. The third-order valence-corrected chi connectivity index (χ3v) is 5.69. The van der Waals surface area contributed by atoms with Gasteiger partial charge in [0.25, 0.3) is 5.91 Å². The number of hydrogen-bond donors (Lipinski definition) is 1. The van der Waals surface area contributed by atoms with Crippen LogP contribution in [0.15, 0.2) is 48.5 Å². The quantitative estimate of drug-likeness (QED) is 0.522. The van der Waals surface area contributed by atoms with E-state index in [4.69, 9.17) is 4.74 Å². The van der Waals surface area contributed by atoms with Crippen molar-refractivity contribution in [2.24, 2.45) is 0 Å². The molecule has 3 rings (SSSR count). The number of esters is 1. The molecule has 0 bridgehead atoms. The Balaban J connectivity index is 1.98. The van der Waals surface area contributed by atoms with E-state index in [1.165, 1.54) is 30.6 Å². The molecule has 1 N–H and O–H groups in total. The number of aryl methyl sites for hydroxylation is 1. The van der Waals surface area contributed by atoms with Gasteiger partial charge in [-0.2, -0.15) is 0 Å². The van der Waals surface area contributed by atoms with Gasteiger partial charge >= 0.3 is 5.97 Å². The number of amides is 1. The second-order valence-corrected chi connectivity index (χ2v) is 8.19. The van der Waals surface area contributed by atoms with Crippen molar-refractivity contribution in [1.29, 1.82) is 0 Å². The highest BCUT2D eigenvalue weighted by molar-refractivity contribution is 7.17. The number of halogens is 1. The van der Waals surface area contributed by atoms with Crippen molar-refractivity contribution in [2.45, 2.75) is 26.7 Å². The predicted octanol–water partition coefficient (Wildman–Crippen LogP) is 6.02. The van der Waals surface area contributed by atoms with Gasteiger partial charge in [0.15, 0.2) is 0 Å². The molecule has 6 heteroatoms. The topological polar surface area (TPSA) is 55.4 Å². The van der Waals surface area contributed by atoms with Crippen LogP contribution >= 0.6 is 11.3 Å². The fourth-order valence-electron chi connectivity index (χ4n) is 3.09. The summed E-state index contributed by atoms with van der Waals surface area (Å²) in [6.07, 6.45) is 0. The summed E-state index contributed by atoms with van der Waals surface area (Å²) >= 11 is 1.29. The van der Waals surface area contributed by atoms with Crippen LogP contribution in [-0.4, -0.2) is 19.0 Å². The molecule has 1 amide bonds. The fraction of sp³-hybridized carbons (Fsp3) is 0.217. The summed E-state index contributed by atoms with van der Waals surface area (Å²) in [5.74, 6) is -0.854. The van der Waals surface area contributed by atoms with E-state index in [0.717, 1.165) is 10.4 Å². The van der Waals surface area contributed by atoms with E-state index in [2.05, 4.69) is 19.2 Å². The third-order valence-electron chi connectivity index (χ3n) is 4.67. The summed E-state index contributed by atoms with van der Waals surface area (Å²) in [7, 11) is 1.29. The van der Waals surface area contributed by atoms with Gasteiger partial charge in [-0.25, -0.2) is 9.18 Å². The van der Waals surface area contributed by atoms with Crippen molar-refractivity contribution in [1.82, 2.24) is 0 Å². The Morgan fingerprint density at radius 2 is 1.66 bits per heavy atom. The van der Waals surface area contributed by atoms with Crippen molar-refractivity contribution < 1.29 is 18.7 Å². The Kier molecular flexibility index (Phi) is 6.13. The van der Waals surface area contributed by atoms with Crippen LogP contribution < -0.4 is 5.32 Å². The fourth-order valence-corrected chi connectivity index (χ4v) is 4.15. The lowest BCUT2D eigenvalue weighted by Crippen LogP contribution is -2.14. The molecule has 29 heavy (non-hydrogen) atoms. The number of benzene rings is 2. The van der Waals surface area contributed by atoms with Crippen LogP contribution in [0.4, 0.5) is 9.39 Å². The van der Waals surface area contributed by atoms with E-state index in [1.54, 1.807) is 24.3 Å². The van der Waals surface area contributed by atoms with Crippen molar-refractivity contribution in [3.8, 4) is 11.1 Å². The number of rotatable bonds is 5. The first-order valence-electron chi connectivity index (χ1n) is 9.20. The van der Waals surface area contributed by atoms with E-state index in [1.807, 2.05) is 19.1 Å². The summed E-state index contributed by atoms with van der Waals surface area (Å²) in [6, 6.07) is 13.3. The van der Waals surface area contributed by atoms with E-state index < -0.39 is 5.97 Å². The summed E-state index contributed by atoms with van der Waals surface area (Å²) in [5.41, 5.74) is 3.23. The Bertz CT molecular complexity index is 1040. The smallest absolute Gasteiger partial charge is 0.341 e. The van der Waals surface area contributed by atoms with Gasteiger partial charge in [-0.15, -0.1) is 11.3 Å². The summed E-state index contributed by atoms with van der Waals surface area (Å²) in [6.45, 7) is 6.02. The second-order valence-electron chi connectivity index (χ2n) is 6.97. The molecule has 150 valence electrons. The third kappa shape index (κ3) is 4.38. The highest BCUT2D eigenvalue weighted by Gasteiger charge is 2.25. The molecule has 0 atom stereocenters. The predicted molar refractivity (Wildman–Crippen MR) is 114 cm³/mol. The number of anilines is 1. The molecule has 0 aliphatic heterocycles. The Morgan fingerprint density at radius 1 is 1.03 bits per heavy atom. The highest BCUT2D eigenvalue weighted by Crippen LogP contribution is 2.40. The molecule has 1 aromatic heterocycles. The lowest BCUT2D eigenvalue weighted by Gasteiger charge is -2.09. The molecule has 0 spiro atoms. The maximum atomic E-state index is 13.3. The maximum Gasteiger partial charge on any atom is 0.341 e. The van der Waals surface area contributed by atoms with Crippen LogP contribution in [0.3, 0.4) is 0 Å². The molecule has 0 aliphatic rings. The normalized spacial score (nSPS) is 10.8. The minimum absolute atomic E-state index is 0.272. The zero-order valence-electron chi connectivity index (χ0n) is 16.7. The molecule has 0 unspecified atom stereocenters. The molecule has 4 nitrogen and oxygen atoms in total. The first kappa shape index (κ1) is 20.7. The molecular weight excluding hydrogens is 389 g/mol. The van der Waals surface area contributed by atoms with Gasteiger partial charge in [0.05, 0.1) is 7.11 Å². The summed E-state index contributed by atoms with van der Waals surface area (Å²) in [5, 5.41) is 3.25. The zero-order chi connectivity index (χ0) is 21.1. The minimum atomic E-state index is -0.556. The highest BCUT2D eigenvalue weighted by atomic mass is 32.1. The van der Waals surface area contributed by atoms with E-state index in [9.17, 15) is 14.0 Å². The number of hydrogen-bond acceptors (Lipinski definition) is 4. The second kappa shape index (κ2) is 8.57. The van der Waals surface area contributed by atoms with E-state index >= 15 is 0 Å². The van der Waals surface area contributed by atoms with Gasteiger partial charge < -0.3 is 10.1 Å². The van der Waals surface area contributed by atoms with Crippen LogP contribution in [0.2, 0.25) is 0 Å². The summed E-state index contributed by atoms with van der Waals surface area (Å²) in [4.78, 5) is 26.1. The van der Waals surface area contributed by atoms with Crippen LogP contribution in [0.5, 0.6) is 0 Å². The van der Waals surface area contributed by atoms with Crippen LogP contribution in [-0.2, 0) is 4.74 Å². The molecular formula is C23H22FNO3S. The molecule has 0 saturated heterocycles. The van der Waals surface area contributed by atoms with Crippen molar-refractivity contribution >= 4 is 28.2 Å². The van der Waals surface area contributed by atoms with Crippen molar-refractivity contribution in [2.75, 3.05) is 12.4 Å². The first-order valence-corrected chi connectivity index (χ1v) is 10.0. The number of carbonyl (C=O) groups excluding carboxylic acids is 2. The molecule has 0 saturated carbocycles. The van der Waals surface area contributed by atoms with Crippen LogP contribution in [0, 0.1) is 12.7 Å². The zero-order valence-corrected chi connectivity index (χ0v) is 17.5. The SMILES string of the molecule is COC(=O)c1c(NC(=O)c2ccc(C(C)C)cc2)sc(C)c1-c1ccc(F)cc1. The standard InChI is InChI=1S/C23H22FNO3S/c1-13(2)15-5-7-17(8-6-15)21(26)25-22-20(23(27)28-4)19(14(3)29-22)16-9-11-18(24)12-10-16/h5-13H,1-4H3,(H,25,26). The number of methoxy groups -OCH3 is 1. The lowest BCUT2D eigenvalue weighted by molar-refractivity contribution is 0.0603. The monoisotopic (exact) mass is 411 g/mol. The van der Waals surface area contributed by atoms with E-state index in [-0.39, 0.29) is 17.3 Å². The van der Waals surface area contributed by atoms with Crippen molar-refractivity contribution in [3.63, 3.8) is 0 Å². The largest absolute Gasteiger partial charge is 0.465 e. The molecule has 0 radical (unpaired) electrons. The summed E-state index contributed by atoms with van der Waals surface area (Å²) < 4.78 is 18.3. The van der Waals surface area contributed by atoms with Crippen LogP contribution in [0.25, 0.3) is 11.1 Å². The van der Waals surface area contributed by atoms with Gasteiger partial charge in [-0.1, -0.05) is 38.1 Å². The van der Waals surface area contributed by atoms with Gasteiger partial charge in [0.2, 0.25) is 0 Å². The van der Waals surface area contributed by atoms with E-state index in [0.29, 0.717) is 27.6 Å². The molecule has 3 aromatic rings. The first-order chi connectivity index (χ1) is 13.8. The molecule has 0 aliphatic carbocycles. The lowest BCUT2D eigenvalue weighted by atomic mass is 10.0.